The molecule has 0 saturated heterocycles. The van der Waals surface area contributed by atoms with Crippen LogP contribution in [0.2, 0.25) is 0 Å². The third-order valence-corrected chi connectivity index (χ3v) is 5.57. The van der Waals surface area contributed by atoms with E-state index in [4.69, 9.17) is 9.47 Å². The number of aryl methyl sites for hydroxylation is 1. The summed E-state index contributed by atoms with van der Waals surface area (Å²) in [7, 11) is 0. The highest BCUT2D eigenvalue weighted by Crippen LogP contribution is 2.32. The van der Waals surface area contributed by atoms with Crippen LogP contribution in [0.15, 0.2) is 42.6 Å². The molecule has 0 saturated carbocycles. The van der Waals surface area contributed by atoms with Crippen LogP contribution >= 0.6 is 0 Å². The first-order chi connectivity index (χ1) is 14.9. The van der Waals surface area contributed by atoms with Gasteiger partial charge in [0.25, 0.3) is 0 Å². The van der Waals surface area contributed by atoms with E-state index in [0.29, 0.717) is 25.3 Å². The molecule has 1 aliphatic heterocycles. The number of hydrogen-bond donors (Lipinski definition) is 1. The van der Waals surface area contributed by atoms with Gasteiger partial charge in [-0.1, -0.05) is 32.0 Å². The van der Waals surface area contributed by atoms with Crippen LogP contribution in [0.4, 0.5) is 0 Å². The van der Waals surface area contributed by atoms with Crippen molar-refractivity contribution in [3.63, 3.8) is 0 Å². The molecular weight excluding hydrogens is 392 g/mol. The smallest absolute Gasteiger partial charge is 0.240 e. The lowest BCUT2D eigenvalue weighted by molar-refractivity contribution is -0.121. The van der Waals surface area contributed by atoms with Gasteiger partial charge >= 0.3 is 0 Å². The van der Waals surface area contributed by atoms with Crippen LogP contribution in [0.3, 0.4) is 0 Å². The van der Waals surface area contributed by atoms with Crippen molar-refractivity contribution in [2.45, 2.75) is 40.3 Å². The summed E-state index contributed by atoms with van der Waals surface area (Å²) in [6.45, 7) is 7.60. The second kappa shape index (κ2) is 8.84. The Morgan fingerprint density at radius 3 is 2.55 bits per heavy atom. The number of ketones is 1. The Morgan fingerprint density at radius 1 is 1.10 bits per heavy atom. The van der Waals surface area contributed by atoms with E-state index in [9.17, 15) is 9.59 Å². The second-order valence-electron chi connectivity index (χ2n) is 8.26. The SMILES string of the molecule is Cc1cc2c(cc1CNC(=O)Cn1cc(C(=O)C(C)C)c3ccccc31)OCCCO2. The maximum Gasteiger partial charge on any atom is 0.240 e. The molecule has 0 aliphatic carbocycles. The third-order valence-electron chi connectivity index (χ3n) is 5.57. The minimum absolute atomic E-state index is 0.0816. The number of carbonyl (C=O) groups is 2. The molecule has 3 aromatic rings. The number of para-hydroxylation sites is 1. The van der Waals surface area contributed by atoms with Gasteiger partial charge in [-0.05, 0) is 36.2 Å². The summed E-state index contributed by atoms with van der Waals surface area (Å²) in [6.07, 6.45) is 2.65. The quantitative estimate of drug-likeness (QED) is 0.605. The van der Waals surface area contributed by atoms with E-state index in [1.807, 2.05) is 61.7 Å². The van der Waals surface area contributed by atoms with Gasteiger partial charge in [0.05, 0.1) is 13.2 Å². The van der Waals surface area contributed by atoms with Crippen molar-refractivity contribution in [1.29, 1.82) is 0 Å². The van der Waals surface area contributed by atoms with E-state index in [2.05, 4.69) is 5.32 Å². The number of nitrogens with one attached hydrogen (secondary N) is 1. The van der Waals surface area contributed by atoms with E-state index < -0.39 is 0 Å². The molecule has 1 aromatic heterocycles. The summed E-state index contributed by atoms with van der Waals surface area (Å²) in [5.74, 6) is 1.34. The molecule has 31 heavy (non-hydrogen) atoms. The fourth-order valence-corrected chi connectivity index (χ4v) is 3.83. The van der Waals surface area contributed by atoms with Crippen LogP contribution in [0.5, 0.6) is 11.5 Å². The molecule has 1 aliphatic rings. The maximum absolute atomic E-state index is 12.7. The molecule has 2 aromatic carbocycles. The molecule has 1 amide bonds. The molecule has 0 radical (unpaired) electrons. The molecule has 0 spiro atoms. The number of aromatic nitrogens is 1. The lowest BCUT2D eigenvalue weighted by atomic mass is 10.0. The summed E-state index contributed by atoms with van der Waals surface area (Å²) in [4.78, 5) is 25.3. The summed E-state index contributed by atoms with van der Waals surface area (Å²) >= 11 is 0. The predicted molar refractivity (Wildman–Crippen MR) is 120 cm³/mol. The first kappa shape index (κ1) is 21.0. The van der Waals surface area contributed by atoms with Gasteiger partial charge in [0.2, 0.25) is 5.91 Å². The topological polar surface area (TPSA) is 69.6 Å². The Bertz CT molecular complexity index is 1130. The zero-order valence-corrected chi connectivity index (χ0v) is 18.2. The standard InChI is InChI=1S/C25H28N2O4/c1-16(2)25(29)20-14-27(21-8-5-4-7-19(20)21)15-24(28)26-13-18-12-23-22(11-17(18)3)30-9-6-10-31-23/h4-5,7-8,11-12,14,16H,6,9-10,13,15H2,1-3H3,(H,26,28). The molecule has 1 N–H and O–H groups in total. The zero-order valence-electron chi connectivity index (χ0n) is 18.2. The number of rotatable bonds is 6. The van der Waals surface area contributed by atoms with Crippen LogP contribution in [0.1, 0.15) is 41.8 Å². The fraction of sp³-hybridized carbons (Fsp3) is 0.360. The van der Waals surface area contributed by atoms with Gasteiger partial charge in [-0.2, -0.15) is 0 Å². The summed E-state index contributed by atoms with van der Waals surface area (Å²) < 4.78 is 13.3. The summed E-state index contributed by atoms with van der Waals surface area (Å²) in [5, 5.41) is 3.88. The number of ether oxygens (including phenoxy) is 2. The highest BCUT2D eigenvalue weighted by molar-refractivity contribution is 6.09. The molecule has 0 bridgehead atoms. The Labute approximate surface area is 182 Å². The first-order valence-electron chi connectivity index (χ1n) is 10.7. The van der Waals surface area contributed by atoms with Crippen molar-refractivity contribution < 1.29 is 19.1 Å². The van der Waals surface area contributed by atoms with Crippen molar-refractivity contribution in [2.75, 3.05) is 13.2 Å². The average molecular weight is 421 g/mol. The van der Waals surface area contributed by atoms with Crippen molar-refractivity contribution in [1.82, 2.24) is 9.88 Å². The second-order valence-corrected chi connectivity index (χ2v) is 8.26. The summed E-state index contributed by atoms with van der Waals surface area (Å²) in [5.41, 5.74) is 3.58. The summed E-state index contributed by atoms with van der Waals surface area (Å²) in [6, 6.07) is 11.6. The van der Waals surface area contributed by atoms with E-state index in [1.54, 1.807) is 6.20 Å². The number of amides is 1. The number of nitrogens with zero attached hydrogens (tertiary/aromatic N) is 1. The number of benzene rings is 2. The van der Waals surface area contributed by atoms with Gasteiger partial charge in [0.1, 0.15) is 6.54 Å². The lowest BCUT2D eigenvalue weighted by Crippen LogP contribution is -2.27. The normalized spacial score (nSPS) is 13.3. The van der Waals surface area contributed by atoms with Gasteiger partial charge in [0.15, 0.2) is 17.3 Å². The monoisotopic (exact) mass is 420 g/mol. The number of fused-ring (bicyclic) bond motifs is 2. The molecule has 0 fully saturated rings. The fourth-order valence-electron chi connectivity index (χ4n) is 3.83. The molecular formula is C25H28N2O4. The highest BCUT2D eigenvalue weighted by atomic mass is 16.5. The van der Waals surface area contributed by atoms with E-state index in [0.717, 1.165) is 39.9 Å². The zero-order chi connectivity index (χ0) is 22.0. The van der Waals surface area contributed by atoms with Crippen molar-refractivity contribution >= 4 is 22.6 Å². The van der Waals surface area contributed by atoms with Crippen molar-refractivity contribution in [2.24, 2.45) is 5.92 Å². The maximum atomic E-state index is 12.7. The van der Waals surface area contributed by atoms with Crippen molar-refractivity contribution in [3.05, 3.63) is 59.3 Å². The number of carbonyl (C=O) groups excluding carboxylic acids is 2. The molecule has 6 nitrogen and oxygen atoms in total. The van der Waals surface area contributed by atoms with Gasteiger partial charge in [0, 0.05) is 41.5 Å². The Kier molecular flexibility index (Phi) is 5.98. The number of hydrogen-bond acceptors (Lipinski definition) is 4. The minimum Gasteiger partial charge on any atom is -0.490 e. The Balaban J connectivity index is 1.49. The lowest BCUT2D eigenvalue weighted by Gasteiger charge is -2.13. The van der Waals surface area contributed by atoms with E-state index in [-0.39, 0.29) is 24.2 Å². The van der Waals surface area contributed by atoms with Gasteiger partial charge in [-0.25, -0.2) is 0 Å². The Hall–Kier alpha value is -3.28. The predicted octanol–water partition coefficient (Wildman–Crippen LogP) is 4.27. The van der Waals surface area contributed by atoms with Crippen LogP contribution < -0.4 is 14.8 Å². The molecule has 4 rings (SSSR count). The van der Waals surface area contributed by atoms with Gasteiger partial charge in [-0.3, -0.25) is 9.59 Å². The molecule has 2 heterocycles. The van der Waals surface area contributed by atoms with Gasteiger partial charge in [-0.15, -0.1) is 0 Å². The number of Topliss-reactive ketones (excluding diaryl/α,β-unsaturated/α-hetero) is 1. The highest BCUT2D eigenvalue weighted by Gasteiger charge is 2.19. The third kappa shape index (κ3) is 4.43. The van der Waals surface area contributed by atoms with E-state index in [1.165, 1.54) is 0 Å². The van der Waals surface area contributed by atoms with Crippen molar-refractivity contribution in [3.8, 4) is 11.5 Å². The van der Waals surface area contributed by atoms with Crippen LogP contribution in [0.25, 0.3) is 10.9 Å². The van der Waals surface area contributed by atoms with Gasteiger partial charge < -0.3 is 19.4 Å². The molecule has 0 unspecified atom stereocenters. The molecule has 6 heteroatoms. The van der Waals surface area contributed by atoms with Crippen LogP contribution in [0, 0.1) is 12.8 Å². The average Bonchev–Trinajstić information content (AvgIpc) is 2.95. The van der Waals surface area contributed by atoms with E-state index >= 15 is 0 Å². The molecule has 0 atom stereocenters. The minimum atomic E-state index is -0.115. The van der Waals surface area contributed by atoms with Crippen LogP contribution in [-0.4, -0.2) is 29.5 Å². The largest absolute Gasteiger partial charge is 0.490 e. The Morgan fingerprint density at radius 2 is 1.81 bits per heavy atom. The molecule has 162 valence electrons. The first-order valence-corrected chi connectivity index (χ1v) is 10.7. The van der Waals surface area contributed by atoms with Crippen LogP contribution in [-0.2, 0) is 17.9 Å².